The number of piperidine rings is 1. The number of rotatable bonds is 20. The van der Waals surface area contributed by atoms with Gasteiger partial charge < -0.3 is 100 Å². The van der Waals surface area contributed by atoms with E-state index >= 15 is 0 Å². The highest BCUT2D eigenvalue weighted by Crippen LogP contribution is 2.40. The maximum Gasteiger partial charge on any atom is 0.407 e. The summed E-state index contributed by atoms with van der Waals surface area (Å²) in [6.07, 6.45) is 14.8. The predicted octanol–water partition coefficient (Wildman–Crippen LogP) is 6.76. The van der Waals surface area contributed by atoms with E-state index in [2.05, 4.69) is 62.1 Å². The summed E-state index contributed by atoms with van der Waals surface area (Å²) < 4.78 is 43.6. The van der Waals surface area contributed by atoms with Crippen molar-refractivity contribution in [1.29, 1.82) is 0 Å². The number of oxazole rings is 1. The number of ketones is 2. The van der Waals surface area contributed by atoms with E-state index in [1.807, 2.05) is 81.8 Å². The minimum Gasteiger partial charge on any atom is -0.459 e. The lowest BCUT2D eigenvalue weighted by molar-refractivity contribution is -0.265. The average molecular weight is 1820 g/mol. The molecule has 0 radical (unpaired) electrons. The second kappa shape index (κ2) is 44.1. The van der Waals surface area contributed by atoms with Gasteiger partial charge in [0.25, 0.3) is 23.6 Å². The fourth-order valence-electron chi connectivity index (χ4n) is 19.1. The average Bonchev–Trinajstić information content (AvgIpc) is 1.26. The number of Topliss-reactive ketones (excluding diaryl/α,β-unsaturated/α-hetero) is 2. The Morgan fingerprint density at radius 2 is 1.46 bits per heavy atom. The number of alkyl carbamates (subject to hydrolysis) is 1. The zero-order chi connectivity index (χ0) is 93.6. The number of ether oxygens (including phenoxy) is 6. The zero-order valence-electron chi connectivity index (χ0n) is 76.6. The van der Waals surface area contributed by atoms with E-state index in [4.69, 9.17) is 55.1 Å². The first kappa shape index (κ1) is 96.9. The number of nitrogens with zero attached hydrogens (tertiary/aromatic N) is 15. The van der Waals surface area contributed by atoms with Crippen molar-refractivity contribution < 1.29 is 86.8 Å². The van der Waals surface area contributed by atoms with Crippen molar-refractivity contribution in [2.45, 2.75) is 218 Å². The molecule has 4 amide bonds. The molecule has 0 unspecified atom stereocenters. The number of piperazine rings is 2. The van der Waals surface area contributed by atoms with Crippen molar-refractivity contribution in [3.63, 3.8) is 0 Å². The minimum absolute atomic E-state index is 0.00652. The Balaban J connectivity index is 0.496. The van der Waals surface area contributed by atoms with Crippen molar-refractivity contribution in [3.8, 4) is 11.3 Å². The number of allylic oxidation sites excluding steroid dienone is 5. The molecule has 132 heavy (non-hydrogen) atoms. The molecule has 1 aliphatic carbocycles. The number of nitrogens with one attached hydrogen (secondary N) is 1. The Kier molecular flexibility index (Phi) is 32.4. The molecule has 37 heteroatoms. The molecule has 5 fully saturated rings. The van der Waals surface area contributed by atoms with E-state index in [0.29, 0.717) is 193 Å². The van der Waals surface area contributed by atoms with Crippen LogP contribution in [-0.4, -0.2) is 292 Å². The fourth-order valence-corrected chi connectivity index (χ4v) is 19.1. The topological polar surface area (TPSA) is 487 Å². The first-order chi connectivity index (χ1) is 63.5. The molecule has 1 saturated carbocycles. The number of carbonyl (C=O) groups is 7. The van der Waals surface area contributed by atoms with Gasteiger partial charge in [-0.15, -0.1) is 0 Å². The molecular formula is C95H127N19O18. The van der Waals surface area contributed by atoms with Crippen LogP contribution in [0.4, 0.5) is 28.5 Å². The number of cyclic esters (lactones) is 1. The van der Waals surface area contributed by atoms with E-state index in [0.717, 1.165) is 45.8 Å². The number of amides is 4. The van der Waals surface area contributed by atoms with Gasteiger partial charge in [-0.25, -0.2) is 44.2 Å². The second-order valence-corrected chi connectivity index (χ2v) is 36.5. The molecule has 37 nitrogen and oxygen atoms in total. The summed E-state index contributed by atoms with van der Waals surface area (Å²) in [7, 11) is 3.08. The van der Waals surface area contributed by atoms with Crippen molar-refractivity contribution in [2.75, 3.05) is 121 Å². The van der Waals surface area contributed by atoms with Crippen LogP contribution in [0.2, 0.25) is 0 Å². The van der Waals surface area contributed by atoms with Gasteiger partial charge in [0.1, 0.15) is 53.8 Å². The monoisotopic (exact) mass is 1820 g/mol. The van der Waals surface area contributed by atoms with Crippen LogP contribution in [0.3, 0.4) is 0 Å². The van der Waals surface area contributed by atoms with Crippen LogP contribution in [0.5, 0.6) is 0 Å². The van der Waals surface area contributed by atoms with E-state index < -0.39 is 114 Å². The highest BCUT2D eigenvalue weighted by atomic mass is 16.6. The van der Waals surface area contributed by atoms with Gasteiger partial charge in [0.05, 0.1) is 61.5 Å². The van der Waals surface area contributed by atoms with Crippen molar-refractivity contribution in [3.05, 3.63) is 143 Å². The number of aromatic nitrogens is 9. The standard InChI is InChI=1S/C95H127N19O18/c1-56-14-10-9-11-15-57(2)76(126-7)46-69-22-17-61(6)95(125,132-69)85(120)89(122)113-27-13-12-16-72(113)90(123)129-77(47-73(115)58(3)41-60(5)83(118)84(119)82(117)59(4)40-56)70(96)43-62-19-23-75(78(44-62)127-8)131-94(124)103-50-64-48-99-92(100-49-64)111-35-33-109(34-36-111)79(116)26-38-128-39-37-108-29-31-110(32-30-108)93-101-51-68(52-102-93)88(121)112-28-25-65-42-63(18-20-67(65)54-112)53-114-87-80(86(97)104-55-105-87)81(107-114)66-21-24-74-71(45-66)106-91(98)130-74/h9-11,14-15,18,20-21,24,41-42,45,48-49,51-52,55-56,58-59,61-62,69-70,72-73,75-78,83-84,115,118-119,125H,12-13,16-17,19,22-23,25-40,43-44,46-47,50,53-54,96H2,1-8H3,(H2,98,106)(H,103,124)(H2,97,104,105)/b11-9?,14-10+,57-15?,60-41+/t56-,58-,59-,61-,62+,69+,70-,72+,73-,75-,76+,77+,78-,83-,84+,95-/m1/s1. The van der Waals surface area contributed by atoms with Crippen molar-refractivity contribution in [1.82, 2.24) is 69.6 Å². The number of aliphatic hydroxyl groups excluding tert-OH is 3. The summed E-state index contributed by atoms with van der Waals surface area (Å²) in [5.41, 5.74) is 27.8. The Hall–Kier alpha value is -11.1. The Morgan fingerprint density at radius 3 is 2.20 bits per heavy atom. The molecule has 7 aliphatic rings. The smallest absolute Gasteiger partial charge is 0.407 e. The third kappa shape index (κ3) is 23.5. The normalized spacial score (nSPS) is 27.8. The number of esters is 1. The van der Waals surface area contributed by atoms with Gasteiger partial charge in [-0.3, -0.25) is 28.9 Å². The lowest BCUT2D eigenvalue weighted by atomic mass is 9.80. The highest BCUT2D eigenvalue weighted by Gasteiger charge is 2.53. The Bertz CT molecular complexity index is 5320. The summed E-state index contributed by atoms with van der Waals surface area (Å²) >= 11 is 0. The molecule has 4 saturated heterocycles. The van der Waals surface area contributed by atoms with Gasteiger partial charge >= 0.3 is 12.1 Å². The third-order valence-electron chi connectivity index (χ3n) is 27.1. The van der Waals surface area contributed by atoms with E-state index in [1.54, 1.807) is 71.7 Å². The Morgan fingerprint density at radius 1 is 0.720 bits per heavy atom. The van der Waals surface area contributed by atoms with Gasteiger partial charge in [-0.1, -0.05) is 82.4 Å². The quantitative estimate of drug-likeness (QED) is 0.0169. The minimum atomic E-state index is -2.51. The fraction of sp³-hybridized carbons (Fsp3) is 0.568. The van der Waals surface area contributed by atoms with Crippen LogP contribution in [-0.2, 0) is 78.4 Å². The molecular weight excluding hydrogens is 1700 g/mol. The number of nitrogens with two attached hydrogens (primary N) is 3. The number of hydrogen-bond acceptors (Lipinski definition) is 32. The molecule has 710 valence electrons. The van der Waals surface area contributed by atoms with Crippen molar-refractivity contribution >= 4 is 87.2 Å². The van der Waals surface area contributed by atoms with Crippen molar-refractivity contribution in [2.24, 2.45) is 35.3 Å². The number of hydrogen-bond donors (Lipinski definition) is 8. The maximum atomic E-state index is 14.8. The van der Waals surface area contributed by atoms with Crippen LogP contribution < -0.4 is 32.3 Å². The third-order valence-corrected chi connectivity index (χ3v) is 27.1. The SMILES string of the molecule is CO[C@H]1C[C@@H]2CC[C@@H](C)[C@@](O)(O2)C(=O)C(=O)N2CCCC[C@H]2C(=O)O[C@H]([C@H](N)C[C@@H]2CC[C@@H](OC(=O)NCc3cnc(N4CCN(C(=O)CCOCCN5CCN(c6ncc(C(=O)N7CCc8cc(Cn9nc(-c%10ccc%11oc(N)nc%11c%10)c%10c(N)ncnc%109)ccc8C7)cn6)CC5)CC4)nc3)[C@H](OC)C2)C[C@@H](O)[C@H](C)/C=C(\C)[C@@H](O)[C@@H](O)C(=O)[C@H](C)C[C@H](C)/C=C/C=CC=C1C. The molecule has 14 rings (SSSR count). The lowest BCUT2D eigenvalue weighted by Gasteiger charge is -2.42. The molecule has 5 aromatic heterocycles. The zero-order valence-corrected chi connectivity index (χ0v) is 76.6. The van der Waals surface area contributed by atoms with Gasteiger partial charge in [0.15, 0.2) is 17.0 Å². The molecule has 11 heterocycles. The van der Waals surface area contributed by atoms with E-state index in [-0.39, 0.29) is 80.4 Å². The van der Waals surface area contributed by atoms with E-state index in [9.17, 15) is 54.0 Å². The first-order valence-corrected chi connectivity index (χ1v) is 46.2. The molecule has 7 aromatic rings. The van der Waals surface area contributed by atoms with Crippen LogP contribution in [0.1, 0.15) is 158 Å². The van der Waals surface area contributed by atoms with Crippen LogP contribution in [0, 0.1) is 29.6 Å². The summed E-state index contributed by atoms with van der Waals surface area (Å²) in [6, 6.07) is 9.70. The number of aliphatic hydroxyl groups is 4. The predicted molar refractivity (Wildman–Crippen MR) is 489 cm³/mol. The lowest BCUT2D eigenvalue weighted by Crippen LogP contribution is -2.61. The molecule has 11 N–H and O–H groups in total. The number of benzene rings is 2. The molecule has 2 aromatic carbocycles. The van der Waals surface area contributed by atoms with Gasteiger partial charge in [0.2, 0.25) is 23.6 Å². The van der Waals surface area contributed by atoms with Gasteiger partial charge in [-0.05, 0) is 142 Å². The van der Waals surface area contributed by atoms with E-state index in [1.165, 1.54) is 13.4 Å². The number of fused-ring (bicyclic) bond motifs is 6. The summed E-state index contributed by atoms with van der Waals surface area (Å²) in [4.78, 5) is 141. The number of methoxy groups -OCH3 is 2. The summed E-state index contributed by atoms with van der Waals surface area (Å²) in [5.74, 6) is -7.32. The number of anilines is 4. The second-order valence-electron chi connectivity index (χ2n) is 36.5. The van der Waals surface area contributed by atoms with Crippen LogP contribution in [0.25, 0.3) is 33.4 Å². The highest BCUT2D eigenvalue weighted by molar-refractivity contribution is 6.39. The number of carbonyl (C=O) groups excluding carboxylic acids is 7. The largest absolute Gasteiger partial charge is 0.459 e. The maximum absolute atomic E-state index is 14.8. The molecule has 0 spiro atoms. The molecule has 16 atom stereocenters. The summed E-state index contributed by atoms with van der Waals surface area (Å²) in [6.45, 7) is 18.4. The van der Waals surface area contributed by atoms with Crippen LogP contribution >= 0.6 is 0 Å². The molecule has 6 aliphatic heterocycles. The van der Waals surface area contributed by atoms with Gasteiger partial charge in [0, 0.05) is 172 Å². The van der Waals surface area contributed by atoms with Gasteiger partial charge in [-0.2, -0.15) is 10.1 Å². The number of nitrogen functional groups attached to an aromatic ring is 2. The molecule has 2 bridgehead atoms. The first-order valence-electron chi connectivity index (χ1n) is 46.2. The Labute approximate surface area is 767 Å². The van der Waals surface area contributed by atoms with Crippen LogP contribution in [0.15, 0.2) is 120 Å². The summed E-state index contributed by atoms with van der Waals surface area (Å²) in [5, 5.41) is 55.2.